The van der Waals surface area contributed by atoms with Gasteiger partial charge >= 0.3 is 0 Å². The van der Waals surface area contributed by atoms with Gasteiger partial charge in [-0.3, -0.25) is 14.9 Å². The van der Waals surface area contributed by atoms with Gasteiger partial charge in [0.2, 0.25) is 0 Å². The molecule has 1 heterocycles. The van der Waals surface area contributed by atoms with Crippen molar-refractivity contribution in [1.82, 2.24) is 15.1 Å². The van der Waals surface area contributed by atoms with Gasteiger partial charge in [0.25, 0.3) is 11.6 Å². The maximum Gasteiger partial charge on any atom is 0.270 e. The van der Waals surface area contributed by atoms with Gasteiger partial charge in [-0.1, -0.05) is 19.1 Å². The van der Waals surface area contributed by atoms with Crippen LogP contribution >= 0.6 is 0 Å². The lowest BCUT2D eigenvalue weighted by Crippen LogP contribution is -2.33. The third kappa shape index (κ3) is 4.09. The molecular formula is C21H22N4O3. The molecule has 2 aromatic carbocycles. The second-order valence-electron chi connectivity index (χ2n) is 6.75. The van der Waals surface area contributed by atoms with Crippen LogP contribution in [0.4, 0.5) is 5.69 Å². The second-order valence-corrected chi connectivity index (χ2v) is 6.75. The first-order chi connectivity index (χ1) is 13.4. The van der Waals surface area contributed by atoms with Crippen molar-refractivity contribution in [3.8, 4) is 16.9 Å². The van der Waals surface area contributed by atoms with E-state index in [4.69, 9.17) is 0 Å². The van der Waals surface area contributed by atoms with Crippen molar-refractivity contribution in [2.45, 2.75) is 33.2 Å². The van der Waals surface area contributed by atoms with Gasteiger partial charge in [0.1, 0.15) is 5.69 Å². The average molecular weight is 378 g/mol. The molecule has 144 valence electrons. The number of rotatable bonds is 6. The monoisotopic (exact) mass is 378 g/mol. The number of non-ortho nitro benzene ring substituents is 1. The molecule has 1 aromatic heterocycles. The van der Waals surface area contributed by atoms with E-state index in [1.165, 1.54) is 12.1 Å². The number of carbonyl (C=O) groups excluding carboxylic acids is 1. The molecule has 0 aliphatic carbocycles. The van der Waals surface area contributed by atoms with Crippen molar-refractivity contribution in [3.05, 3.63) is 76.0 Å². The van der Waals surface area contributed by atoms with E-state index in [1.807, 2.05) is 45.0 Å². The minimum Gasteiger partial charge on any atom is -0.348 e. The van der Waals surface area contributed by atoms with Crippen LogP contribution in [0.3, 0.4) is 0 Å². The number of nitro benzene ring substituents is 1. The number of nitrogens with one attached hydrogen (secondary N) is 1. The number of aromatic nitrogens is 2. The molecule has 7 nitrogen and oxygen atoms in total. The summed E-state index contributed by atoms with van der Waals surface area (Å²) in [4.78, 5) is 23.3. The van der Waals surface area contributed by atoms with Gasteiger partial charge in [-0.25, -0.2) is 4.68 Å². The Morgan fingerprint density at radius 3 is 2.54 bits per heavy atom. The Bertz CT molecular complexity index is 1010. The van der Waals surface area contributed by atoms with Crippen molar-refractivity contribution in [2.24, 2.45) is 0 Å². The quantitative estimate of drug-likeness (QED) is 0.512. The number of aryl methyl sites for hydroxylation is 1. The zero-order chi connectivity index (χ0) is 20.3. The van der Waals surface area contributed by atoms with Crippen LogP contribution in [0.2, 0.25) is 0 Å². The standard InChI is InChI=1S/C21H22N4O3/c1-4-15(3)22-21(26)20-13-19(16-8-10-17(11-9-16)25(27)28)23-24(20)18-7-5-6-14(2)12-18/h5-13,15H,4H2,1-3H3,(H,22,26). The summed E-state index contributed by atoms with van der Waals surface area (Å²) in [6.45, 7) is 5.93. The Kier molecular flexibility index (Phi) is 5.54. The average Bonchev–Trinajstić information content (AvgIpc) is 3.13. The topological polar surface area (TPSA) is 90.1 Å². The van der Waals surface area contributed by atoms with E-state index in [-0.39, 0.29) is 17.6 Å². The third-order valence-corrected chi connectivity index (χ3v) is 4.55. The van der Waals surface area contributed by atoms with E-state index >= 15 is 0 Å². The van der Waals surface area contributed by atoms with Gasteiger partial charge in [0.05, 0.1) is 16.3 Å². The Balaban J connectivity index is 2.06. The van der Waals surface area contributed by atoms with Gasteiger partial charge < -0.3 is 5.32 Å². The highest BCUT2D eigenvalue weighted by Gasteiger charge is 2.19. The molecule has 28 heavy (non-hydrogen) atoms. The highest BCUT2D eigenvalue weighted by molar-refractivity contribution is 5.94. The predicted octanol–water partition coefficient (Wildman–Crippen LogP) is 4.28. The molecule has 3 rings (SSSR count). The zero-order valence-electron chi connectivity index (χ0n) is 16.0. The molecule has 0 spiro atoms. The van der Waals surface area contributed by atoms with Crippen LogP contribution in [0, 0.1) is 17.0 Å². The van der Waals surface area contributed by atoms with Gasteiger partial charge in [-0.05, 0) is 56.2 Å². The van der Waals surface area contributed by atoms with Gasteiger partial charge in [0, 0.05) is 23.7 Å². The molecule has 7 heteroatoms. The zero-order valence-corrected chi connectivity index (χ0v) is 16.0. The first-order valence-corrected chi connectivity index (χ1v) is 9.12. The fourth-order valence-corrected chi connectivity index (χ4v) is 2.79. The van der Waals surface area contributed by atoms with E-state index in [2.05, 4.69) is 10.4 Å². The number of hydrogen-bond acceptors (Lipinski definition) is 4. The van der Waals surface area contributed by atoms with Gasteiger partial charge in [-0.15, -0.1) is 0 Å². The van der Waals surface area contributed by atoms with Crippen molar-refractivity contribution >= 4 is 11.6 Å². The molecule has 0 radical (unpaired) electrons. The molecule has 1 amide bonds. The molecule has 0 saturated heterocycles. The van der Waals surface area contributed by atoms with Crippen molar-refractivity contribution < 1.29 is 9.72 Å². The normalized spacial score (nSPS) is 11.8. The van der Waals surface area contributed by atoms with Crippen LogP contribution in [0.1, 0.15) is 36.3 Å². The summed E-state index contributed by atoms with van der Waals surface area (Å²) in [5.74, 6) is -0.212. The Hall–Kier alpha value is -3.48. The number of carbonyl (C=O) groups is 1. The first-order valence-electron chi connectivity index (χ1n) is 9.12. The summed E-state index contributed by atoms with van der Waals surface area (Å²) in [7, 11) is 0. The molecule has 0 aliphatic rings. The highest BCUT2D eigenvalue weighted by Crippen LogP contribution is 2.24. The minimum atomic E-state index is -0.444. The van der Waals surface area contributed by atoms with Crippen LogP contribution in [0.25, 0.3) is 16.9 Å². The van der Waals surface area contributed by atoms with Crippen molar-refractivity contribution in [3.63, 3.8) is 0 Å². The van der Waals surface area contributed by atoms with Crippen molar-refractivity contribution in [1.29, 1.82) is 0 Å². The van der Waals surface area contributed by atoms with Crippen molar-refractivity contribution in [2.75, 3.05) is 0 Å². The number of hydrogen-bond donors (Lipinski definition) is 1. The molecular weight excluding hydrogens is 356 g/mol. The summed E-state index contributed by atoms with van der Waals surface area (Å²) < 4.78 is 1.61. The molecule has 1 N–H and O–H groups in total. The van der Waals surface area contributed by atoms with Crippen LogP contribution < -0.4 is 5.32 Å². The maximum atomic E-state index is 12.8. The lowest BCUT2D eigenvalue weighted by atomic mass is 10.1. The number of nitrogens with zero attached hydrogens (tertiary/aromatic N) is 3. The second kappa shape index (κ2) is 8.04. The Morgan fingerprint density at radius 2 is 1.93 bits per heavy atom. The van der Waals surface area contributed by atoms with E-state index in [9.17, 15) is 14.9 Å². The lowest BCUT2D eigenvalue weighted by Gasteiger charge is -2.12. The Labute approximate surface area is 163 Å². The molecule has 1 atom stereocenters. The largest absolute Gasteiger partial charge is 0.348 e. The van der Waals surface area contributed by atoms with Crippen LogP contribution in [-0.2, 0) is 0 Å². The fourth-order valence-electron chi connectivity index (χ4n) is 2.79. The predicted molar refractivity (Wildman–Crippen MR) is 108 cm³/mol. The van der Waals surface area contributed by atoms with Crippen LogP contribution in [0.5, 0.6) is 0 Å². The summed E-state index contributed by atoms with van der Waals surface area (Å²) in [6.07, 6.45) is 0.819. The number of nitro groups is 1. The summed E-state index contributed by atoms with van der Waals surface area (Å²) in [6, 6.07) is 15.6. The maximum absolute atomic E-state index is 12.8. The molecule has 3 aromatic rings. The Morgan fingerprint density at radius 1 is 1.21 bits per heavy atom. The lowest BCUT2D eigenvalue weighted by molar-refractivity contribution is -0.384. The number of amides is 1. The summed E-state index contributed by atoms with van der Waals surface area (Å²) in [5.41, 5.74) is 3.54. The van der Waals surface area contributed by atoms with E-state index < -0.39 is 4.92 Å². The van der Waals surface area contributed by atoms with E-state index in [0.717, 1.165) is 17.7 Å². The molecule has 0 bridgehead atoms. The van der Waals surface area contributed by atoms with Crippen LogP contribution in [0.15, 0.2) is 54.6 Å². The fraction of sp³-hybridized carbons (Fsp3) is 0.238. The summed E-state index contributed by atoms with van der Waals surface area (Å²) >= 11 is 0. The SMILES string of the molecule is CCC(C)NC(=O)c1cc(-c2ccc([N+](=O)[O-])cc2)nn1-c1cccc(C)c1. The highest BCUT2D eigenvalue weighted by atomic mass is 16.6. The molecule has 0 aliphatic heterocycles. The van der Waals surface area contributed by atoms with E-state index in [0.29, 0.717) is 17.0 Å². The molecule has 0 saturated carbocycles. The van der Waals surface area contributed by atoms with E-state index in [1.54, 1.807) is 22.9 Å². The van der Waals surface area contributed by atoms with Gasteiger partial charge in [0.15, 0.2) is 0 Å². The molecule has 1 unspecified atom stereocenters. The minimum absolute atomic E-state index is 0.0107. The first kappa shape index (κ1) is 19.3. The van der Waals surface area contributed by atoms with Gasteiger partial charge in [-0.2, -0.15) is 5.10 Å². The summed E-state index contributed by atoms with van der Waals surface area (Å²) in [5, 5.41) is 18.5. The number of benzene rings is 2. The third-order valence-electron chi connectivity index (χ3n) is 4.55. The molecule has 0 fully saturated rings. The smallest absolute Gasteiger partial charge is 0.270 e. The van der Waals surface area contributed by atoms with Crippen LogP contribution in [-0.4, -0.2) is 26.7 Å².